The maximum atomic E-state index is 14.0. The fraction of sp³-hybridized carbons (Fsp3) is 0.448. The minimum atomic E-state index is -4.40. The molecule has 1 aliphatic heterocycles. The lowest BCUT2D eigenvalue weighted by Gasteiger charge is -2.25. The minimum Gasteiger partial charge on any atom is -0.481 e. The predicted octanol–water partition coefficient (Wildman–Crippen LogP) is 6.87. The Bertz CT molecular complexity index is 1230. The van der Waals surface area contributed by atoms with Crippen LogP contribution in [0.15, 0.2) is 55.0 Å². The van der Waals surface area contributed by atoms with Gasteiger partial charge in [0.15, 0.2) is 0 Å². The van der Waals surface area contributed by atoms with Crippen LogP contribution in [-0.4, -0.2) is 45.2 Å². The lowest BCUT2D eigenvalue weighted by molar-refractivity contribution is -0.139. The number of aromatic nitrogens is 2. The third-order valence-corrected chi connectivity index (χ3v) is 7.86. The van der Waals surface area contributed by atoms with Crippen molar-refractivity contribution in [2.75, 3.05) is 19.6 Å². The third kappa shape index (κ3) is 5.90. The highest BCUT2D eigenvalue weighted by atomic mass is 19.4. The van der Waals surface area contributed by atoms with Crippen LogP contribution in [0.3, 0.4) is 0 Å². The fourth-order valence-corrected chi connectivity index (χ4v) is 5.82. The van der Waals surface area contributed by atoms with Gasteiger partial charge < -0.3 is 14.6 Å². The number of imidazole rings is 1. The number of rotatable bonds is 7. The molecule has 5 rings (SSSR count). The Morgan fingerprint density at radius 2 is 1.76 bits per heavy atom. The molecule has 1 aromatic heterocycles. The topological polar surface area (TPSA) is 58.4 Å². The summed E-state index contributed by atoms with van der Waals surface area (Å²) in [6.07, 6.45) is 4.78. The lowest BCUT2D eigenvalue weighted by Crippen LogP contribution is -2.23. The molecule has 1 aliphatic carbocycles. The Balaban J connectivity index is 1.31. The van der Waals surface area contributed by atoms with Crippen molar-refractivity contribution in [1.29, 1.82) is 0 Å². The molecule has 1 unspecified atom stereocenters. The number of hydrogen-bond donors (Lipinski definition) is 1. The van der Waals surface area contributed by atoms with Gasteiger partial charge in [-0.05, 0) is 60.9 Å². The average molecular weight is 512 g/mol. The predicted molar refractivity (Wildman–Crippen MR) is 136 cm³/mol. The normalized spacial score (nSPS) is 19.4. The smallest absolute Gasteiger partial charge is 0.416 e. The van der Waals surface area contributed by atoms with Gasteiger partial charge >= 0.3 is 12.1 Å². The molecule has 0 radical (unpaired) electrons. The number of carboxylic acid groups (broad SMARTS) is 1. The fourth-order valence-electron chi connectivity index (χ4n) is 5.82. The first-order chi connectivity index (χ1) is 17.8. The highest BCUT2D eigenvalue weighted by molar-refractivity contribution is 5.66. The molecule has 2 fully saturated rings. The highest BCUT2D eigenvalue weighted by Crippen LogP contribution is 2.41. The van der Waals surface area contributed by atoms with Gasteiger partial charge in [-0.2, -0.15) is 13.2 Å². The number of carboxylic acids is 1. The van der Waals surface area contributed by atoms with Crippen molar-refractivity contribution < 1.29 is 23.1 Å². The van der Waals surface area contributed by atoms with Gasteiger partial charge in [-0.1, -0.05) is 49.6 Å². The molecule has 1 N–H and O–H groups in total. The van der Waals surface area contributed by atoms with E-state index in [0.29, 0.717) is 29.4 Å². The second-order valence-electron chi connectivity index (χ2n) is 10.3. The van der Waals surface area contributed by atoms with E-state index in [1.165, 1.54) is 11.6 Å². The first-order valence-corrected chi connectivity index (χ1v) is 13.1. The standard InChI is InChI=1S/C29H32F3N3O2/c30-29(31,32)26-16-24(10-11-25(26)21-4-2-1-3-5-21)35-18-27(33-19-35)22-8-6-20(7-9-22)23-12-14-34(17-23)15-13-28(36)37/h6-11,16,18-19,21,23H,1-5,12-15,17H2,(H,36,37). The van der Waals surface area contributed by atoms with Gasteiger partial charge in [-0.25, -0.2) is 4.98 Å². The van der Waals surface area contributed by atoms with Crippen LogP contribution in [-0.2, 0) is 11.0 Å². The van der Waals surface area contributed by atoms with Crippen molar-refractivity contribution >= 4 is 5.97 Å². The molecule has 1 saturated carbocycles. The molecule has 8 heteroatoms. The molecule has 196 valence electrons. The van der Waals surface area contributed by atoms with E-state index < -0.39 is 17.7 Å². The van der Waals surface area contributed by atoms with E-state index in [4.69, 9.17) is 5.11 Å². The van der Waals surface area contributed by atoms with Crippen molar-refractivity contribution in [2.45, 2.75) is 63.0 Å². The summed E-state index contributed by atoms with van der Waals surface area (Å²) in [5.41, 5.74) is 3.14. The molecule has 1 atom stereocenters. The van der Waals surface area contributed by atoms with Crippen molar-refractivity contribution in [3.05, 3.63) is 71.7 Å². The van der Waals surface area contributed by atoms with Crippen LogP contribution >= 0.6 is 0 Å². The van der Waals surface area contributed by atoms with Crippen molar-refractivity contribution in [2.24, 2.45) is 0 Å². The third-order valence-electron chi connectivity index (χ3n) is 7.86. The number of alkyl halides is 3. The molecule has 2 aromatic carbocycles. The quantitative estimate of drug-likeness (QED) is 0.376. The summed E-state index contributed by atoms with van der Waals surface area (Å²) in [4.78, 5) is 17.5. The van der Waals surface area contributed by atoms with E-state index in [1.807, 2.05) is 12.1 Å². The molecule has 2 heterocycles. The Hall–Kier alpha value is -3.13. The van der Waals surface area contributed by atoms with Gasteiger partial charge in [0, 0.05) is 30.5 Å². The lowest BCUT2D eigenvalue weighted by atomic mass is 9.82. The number of likely N-dealkylation sites (tertiary alicyclic amines) is 1. The summed E-state index contributed by atoms with van der Waals surface area (Å²) < 4.78 is 43.6. The largest absolute Gasteiger partial charge is 0.481 e. The van der Waals surface area contributed by atoms with Crippen molar-refractivity contribution in [1.82, 2.24) is 14.5 Å². The Morgan fingerprint density at radius 3 is 2.46 bits per heavy atom. The van der Waals surface area contributed by atoms with Gasteiger partial charge in [0.25, 0.3) is 0 Å². The molecule has 1 saturated heterocycles. The maximum Gasteiger partial charge on any atom is 0.416 e. The molecule has 0 bridgehead atoms. The first kappa shape index (κ1) is 25.5. The Kier molecular flexibility index (Phi) is 7.38. The second-order valence-corrected chi connectivity index (χ2v) is 10.3. The van der Waals surface area contributed by atoms with Crippen LogP contribution in [0.4, 0.5) is 13.2 Å². The van der Waals surface area contributed by atoms with E-state index in [2.05, 4.69) is 22.0 Å². The van der Waals surface area contributed by atoms with Gasteiger partial charge in [-0.3, -0.25) is 4.79 Å². The number of aliphatic carboxylic acids is 1. The molecule has 3 aromatic rings. The van der Waals surface area contributed by atoms with Crippen LogP contribution in [0.1, 0.15) is 73.5 Å². The molecule has 0 spiro atoms. The second kappa shape index (κ2) is 10.7. The van der Waals surface area contributed by atoms with Crippen LogP contribution in [0.2, 0.25) is 0 Å². The molecule has 0 amide bonds. The average Bonchev–Trinajstić information content (AvgIpc) is 3.58. The summed E-state index contributed by atoms with van der Waals surface area (Å²) in [5, 5.41) is 8.90. The molecule has 2 aliphatic rings. The van der Waals surface area contributed by atoms with Crippen LogP contribution in [0.25, 0.3) is 16.9 Å². The number of halogens is 3. The molecular weight excluding hydrogens is 479 g/mol. The van der Waals surface area contributed by atoms with Crippen molar-refractivity contribution in [3.63, 3.8) is 0 Å². The van der Waals surface area contributed by atoms with Gasteiger partial charge in [0.05, 0.1) is 24.0 Å². The van der Waals surface area contributed by atoms with E-state index in [-0.39, 0.29) is 12.3 Å². The summed E-state index contributed by atoms with van der Waals surface area (Å²) in [6, 6.07) is 12.8. The SMILES string of the molecule is O=C(O)CCN1CCC(c2ccc(-c3cn(-c4ccc(C5CCCCC5)c(C(F)(F)F)c4)cn3)cc2)C1. The summed E-state index contributed by atoms with van der Waals surface area (Å²) in [5.74, 6) is -0.439. The van der Waals surface area contributed by atoms with Gasteiger partial charge in [-0.15, -0.1) is 0 Å². The number of carbonyl (C=O) groups is 1. The molecule has 5 nitrogen and oxygen atoms in total. The zero-order valence-corrected chi connectivity index (χ0v) is 20.8. The Labute approximate surface area is 214 Å². The number of hydrogen-bond acceptors (Lipinski definition) is 3. The number of nitrogens with zero attached hydrogens (tertiary/aromatic N) is 3. The summed E-state index contributed by atoms with van der Waals surface area (Å²) in [7, 11) is 0. The first-order valence-electron chi connectivity index (χ1n) is 13.1. The molecule has 37 heavy (non-hydrogen) atoms. The monoisotopic (exact) mass is 511 g/mol. The maximum absolute atomic E-state index is 14.0. The van der Waals surface area contributed by atoms with E-state index >= 15 is 0 Å². The van der Waals surface area contributed by atoms with Gasteiger partial charge in [0.2, 0.25) is 0 Å². The summed E-state index contributed by atoms with van der Waals surface area (Å²) >= 11 is 0. The van der Waals surface area contributed by atoms with E-state index in [1.54, 1.807) is 29.2 Å². The highest BCUT2D eigenvalue weighted by Gasteiger charge is 2.36. The zero-order chi connectivity index (χ0) is 26.0. The number of benzene rings is 2. The van der Waals surface area contributed by atoms with Crippen LogP contribution in [0.5, 0.6) is 0 Å². The summed E-state index contributed by atoms with van der Waals surface area (Å²) in [6.45, 7) is 2.31. The minimum absolute atomic E-state index is 0.0274. The molecular formula is C29H32F3N3O2. The van der Waals surface area contributed by atoms with E-state index in [9.17, 15) is 18.0 Å². The zero-order valence-electron chi connectivity index (χ0n) is 20.8. The van der Waals surface area contributed by atoms with Crippen LogP contribution < -0.4 is 0 Å². The van der Waals surface area contributed by atoms with Gasteiger partial charge in [0.1, 0.15) is 0 Å². The van der Waals surface area contributed by atoms with Crippen LogP contribution in [0, 0.1) is 0 Å². The van der Waals surface area contributed by atoms with E-state index in [0.717, 1.165) is 57.2 Å². The van der Waals surface area contributed by atoms with Crippen molar-refractivity contribution in [3.8, 4) is 16.9 Å². The Morgan fingerprint density at radius 1 is 1.00 bits per heavy atom.